The summed E-state index contributed by atoms with van der Waals surface area (Å²) in [6.45, 7) is 2.63. The van der Waals surface area contributed by atoms with Crippen LogP contribution in [0.15, 0.2) is 36.5 Å². The lowest BCUT2D eigenvalue weighted by molar-refractivity contribution is -0.359. The Kier molecular flexibility index (Phi) is 39.1. The smallest absolute Gasteiger partial charge is 0.220 e. The number of hydrogen-bond donors (Lipinski definition) is 9. The fraction of sp³-hybridized carbons (Fsp3) is 0.875. The molecule has 0 aromatic heterocycles. The number of allylic oxidation sites excluding steroid dienone is 5. The van der Waals surface area contributed by atoms with Crippen molar-refractivity contribution >= 4 is 5.91 Å². The Morgan fingerprint density at radius 1 is 0.500 bits per heavy atom. The molecule has 0 bridgehead atoms. The molecule has 2 heterocycles. The molecule has 0 saturated carbocycles. The summed E-state index contributed by atoms with van der Waals surface area (Å²) in [5, 5.41) is 86.3. The van der Waals surface area contributed by atoms with Gasteiger partial charge in [0.2, 0.25) is 5.91 Å². The van der Waals surface area contributed by atoms with Crippen molar-refractivity contribution in [2.75, 3.05) is 19.8 Å². The number of unbranched alkanes of at least 4 members (excludes halogenated alkanes) is 27. The lowest BCUT2D eigenvalue weighted by Crippen LogP contribution is -2.65. The normalized spacial score (nSPS) is 26.2. The Bertz CT molecular complexity index is 1320. The van der Waals surface area contributed by atoms with Gasteiger partial charge >= 0.3 is 0 Å². The van der Waals surface area contributed by atoms with Crippen molar-refractivity contribution in [2.45, 2.75) is 293 Å². The van der Waals surface area contributed by atoms with Crippen LogP contribution in [-0.4, -0.2) is 140 Å². The second kappa shape index (κ2) is 42.6. The molecule has 2 saturated heterocycles. The van der Waals surface area contributed by atoms with Crippen LogP contribution in [0.2, 0.25) is 0 Å². The zero-order valence-corrected chi connectivity index (χ0v) is 43.8. The minimum atomic E-state index is -1.79. The Morgan fingerprint density at radius 3 is 1.40 bits per heavy atom. The highest BCUT2D eigenvalue weighted by Crippen LogP contribution is 2.30. The summed E-state index contributed by atoms with van der Waals surface area (Å²) >= 11 is 0. The maximum Gasteiger partial charge on any atom is 0.220 e. The molecule has 2 fully saturated rings. The molecule has 0 aromatic rings. The van der Waals surface area contributed by atoms with Crippen molar-refractivity contribution in [1.82, 2.24) is 5.32 Å². The molecule has 14 heteroatoms. The fourth-order valence-corrected chi connectivity index (χ4v) is 9.21. The van der Waals surface area contributed by atoms with Crippen LogP contribution in [0.3, 0.4) is 0 Å². The first-order valence-electron chi connectivity index (χ1n) is 28.2. The van der Waals surface area contributed by atoms with Gasteiger partial charge in [-0.15, -0.1) is 0 Å². The molecule has 0 aromatic carbocycles. The number of carbonyl (C=O) groups is 1. The molecule has 2 aliphatic heterocycles. The number of nitrogens with one attached hydrogen (secondary N) is 1. The molecule has 410 valence electrons. The Labute approximate surface area is 423 Å². The number of aliphatic hydroxyl groups excluding tert-OH is 8. The molecule has 70 heavy (non-hydrogen) atoms. The third-order valence-electron chi connectivity index (χ3n) is 13.8. The van der Waals surface area contributed by atoms with Crippen LogP contribution in [-0.2, 0) is 23.7 Å². The molecule has 12 unspecified atom stereocenters. The first-order chi connectivity index (χ1) is 34.1. The van der Waals surface area contributed by atoms with E-state index in [-0.39, 0.29) is 18.9 Å². The zero-order valence-electron chi connectivity index (χ0n) is 43.8. The monoisotopic (exact) mass is 998 g/mol. The molecule has 1 amide bonds. The molecular formula is C56H103NO13. The van der Waals surface area contributed by atoms with Gasteiger partial charge in [0.05, 0.1) is 32.0 Å². The van der Waals surface area contributed by atoms with Gasteiger partial charge in [0.15, 0.2) is 12.6 Å². The van der Waals surface area contributed by atoms with Gasteiger partial charge in [-0.1, -0.05) is 204 Å². The van der Waals surface area contributed by atoms with Gasteiger partial charge in [-0.3, -0.25) is 4.79 Å². The summed E-state index contributed by atoms with van der Waals surface area (Å²) in [7, 11) is 0. The molecule has 0 aliphatic carbocycles. The molecule has 0 spiro atoms. The van der Waals surface area contributed by atoms with E-state index in [1.54, 1.807) is 6.08 Å². The van der Waals surface area contributed by atoms with Crippen LogP contribution >= 0.6 is 0 Å². The zero-order chi connectivity index (χ0) is 51.0. The van der Waals surface area contributed by atoms with Gasteiger partial charge in [0.1, 0.15) is 48.8 Å². The van der Waals surface area contributed by atoms with Crippen molar-refractivity contribution in [3.8, 4) is 0 Å². The second-order valence-corrected chi connectivity index (χ2v) is 20.1. The number of aliphatic hydroxyl groups is 8. The highest BCUT2D eigenvalue weighted by Gasteiger charge is 2.51. The van der Waals surface area contributed by atoms with E-state index in [1.165, 1.54) is 141 Å². The first-order valence-corrected chi connectivity index (χ1v) is 28.2. The van der Waals surface area contributed by atoms with Crippen molar-refractivity contribution < 1.29 is 64.6 Å². The maximum absolute atomic E-state index is 12.9. The van der Waals surface area contributed by atoms with Crippen LogP contribution < -0.4 is 5.32 Å². The van der Waals surface area contributed by atoms with E-state index >= 15 is 0 Å². The van der Waals surface area contributed by atoms with Crippen molar-refractivity contribution in [3.63, 3.8) is 0 Å². The van der Waals surface area contributed by atoms with Gasteiger partial charge < -0.3 is 65.1 Å². The van der Waals surface area contributed by atoms with E-state index < -0.39 is 86.8 Å². The Balaban J connectivity index is 1.60. The molecule has 0 radical (unpaired) electrons. The molecular weight excluding hydrogens is 895 g/mol. The molecule has 12 atom stereocenters. The Morgan fingerprint density at radius 2 is 0.914 bits per heavy atom. The lowest BCUT2D eigenvalue weighted by Gasteiger charge is -2.46. The van der Waals surface area contributed by atoms with Crippen LogP contribution in [0.5, 0.6) is 0 Å². The number of rotatable bonds is 44. The van der Waals surface area contributed by atoms with E-state index in [4.69, 9.17) is 18.9 Å². The van der Waals surface area contributed by atoms with Crippen molar-refractivity contribution in [3.05, 3.63) is 36.5 Å². The largest absolute Gasteiger partial charge is 0.394 e. The maximum atomic E-state index is 12.9. The quantitative estimate of drug-likeness (QED) is 0.0206. The number of carbonyl (C=O) groups excluding carboxylic acids is 1. The predicted octanol–water partition coefficient (Wildman–Crippen LogP) is 8.66. The number of hydrogen-bond acceptors (Lipinski definition) is 13. The first kappa shape index (κ1) is 64.3. The fourth-order valence-electron chi connectivity index (χ4n) is 9.21. The Hall–Kier alpha value is -1.79. The molecule has 14 nitrogen and oxygen atoms in total. The van der Waals surface area contributed by atoms with Gasteiger partial charge in [0.25, 0.3) is 0 Å². The summed E-state index contributed by atoms with van der Waals surface area (Å²) in [6, 6.07) is -0.931. The van der Waals surface area contributed by atoms with Crippen LogP contribution in [0.25, 0.3) is 0 Å². The van der Waals surface area contributed by atoms with Crippen LogP contribution in [0.4, 0.5) is 0 Å². The molecule has 9 N–H and O–H groups in total. The SMILES string of the molecule is CCCCCCCCCCCCCCCCCCCCCCCC/C=C/CC/C=C/CC/C=C/C(O)C(COC1OC(CO)C(OC2OC(CO)C(O)C(O)C2O)C(O)C1O)NC(=O)CCCCCC. The van der Waals surface area contributed by atoms with Gasteiger partial charge in [-0.25, -0.2) is 0 Å². The average molecular weight is 998 g/mol. The van der Waals surface area contributed by atoms with E-state index in [0.29, 0.717) is 12.8 Å². The average Bonchev–Trinajstić information content (AvgIpc) is 3.36. The minimum absolute atomic E-state index is 0.261. The van der Waals surface area contributed by atoms with Crippen LogP contribution in [0.1, 0.15) is 219 Å². The van der Waals surface area contributed by atoms with E-state index in [9.17, 15) is 45.6 Å². The highest BCUT2D eigenvalue weighted by atomic mass is 16.7. The number of ether oxygens (including phenoxy) is 4. The topological polar surface area (TPSA) is 228 Å². The van der Waals surface area contributed by atoms with Crippen LogP contribution in [0, 0.1) is 0 Å². The van der Waals surface area contributed by atoms with E-state index in [0.717, 1.165) is 44.9 Å². The van der Waals surface area contributed by atoms with Gasteiger partial charge in [0, 0.05) is 6.42 Å². The summed E-state index contributed by atoms with van der Waals surface area (Å²) in [5.74, 6) is -0.272. The lowest BCUT2D eigenvalue weighted by atomic mass is 9.97. The summed E-state index contributed by atoms with van der Waals surface area (Å²) in [6.07, 6.45) is 34.6. The van der Waals surface area contributed by atoms with Crippen molar-refractivity contribution in [1.29, 1.82) is 0 Å². The summed E-state index contributed by atoms with van der Waals surface area (Å²) in [5.41, 5.74) is 0. The van der Waals surface area contributed by atoms with Gasteiger partial charge in [-0.05, 0) is 44.9 Å². The standard InChI is InChI=1S/C56H103NO13/c1-3-5-7-9-10-11-12-13-14-15-16-17-18-19-20-21-22-23-24-25-26-27-28-29-30-31-32-33-34-35-36-37-39-45(60)44(57-48(61)40-38-8-6-4-2)43-67-55-53(66)51(64)54(47(42-59)69-55)70-56-52(65)50(63)49(62)46(41-58)68-56/h29-30,33-34,37,39,44-47,49-56,58-60,62-66H,3-28,31-32,35-36,38,40-43H2,1-2H3,(H,57,61)/b30-29+,34-33+,39-37+. The van der Waals surface area contributed by atoms with Gasteiger partial charge in [-0.2, -0.15) is 0 Å². The van der Waals surface area contributed by atoms with E-state index in [1.807, 2.05) is 6.08 Å². The second-order valence-electron chi connectivity index (χ2n) is 20.1. The third-order valence-corrected chi connectivity index (χ3v) is 13.8. The number of amides is 1. The van der Waals surface area contributed by atoms with E-state index in [2.05, 4.69) is 43.5 Å². The molecule has 2 rings (SSSR count). The summed E-state index contributed by atoms with van der Waals surface area (Å²) < 4.78 is 22.5. The molecule has 2 aliphatic rings. The van der Waals surface area contributed by atoms with Crippen molar-refractivity contribution in [2.24, 2.45) is 0 Å². The predicted molar refractivity (Wildman–Crippen MR) is 277 cm³/mol. The minimum Gasteiger partial charge on any atom is -0.394 e. The third kappa shape index (κ3) is 28.6. The summed E-state index contributed by atoms with van der Waals surface area (Å²) in [4.78, 5) is 12.9. The highest BCUT2D eigenvalue weighted by molar-refractivity contribution is 5.76.